The van der Waals surface area contributed by atoms with Gasteiger partial charge in [-0.15, -0.1) is 0 Å². The van der Waals surface area contributed by atoms with Gasteiger partial charge in [-0.05, 0) is 59.7 Å². The van der Waals surface area contributed by atoms with Crippen molar-refractivity contribution in [2.75, 3.05) is 5.32 Å². The number of amides is 2. The fourth-order valence-corrected chi connectivity index (χ4v) is 5.53. The van der Waals surface area contributed by atoms with Crippen molar-refractivity contribution in [3.63, 3.8) is 0 Å². The molecule has 1 saturated heterocycles. The number of halogens is 2. The second kappa shape index (κ2) is 11.6. The van der Waals surface area contributed by atoms with Crippen LogP contribution in [-0.2, 0) is 9.59 Å². The van der Waals surface area contributed by atoms with Gasteiger partial charge < -0.3 is 5.32 Å². The Kier molecular flexibility index (Phi) is 7.86. The van der Waals surface area contributed by atoms with Gasteiger partial charge in [0.15, 0.2) is 5.17 Å². The lowest BCUT2D eigenvalue weighted by Crippen LogP contribution is -2.37. The van der Waals surface area contributed by atoms with Crippen LogP contribution in [0.15, 0.2) is 114 Å². The Labute approximate surface area is 229 Å². The minimum absolute atomic E-state index is 0.0622. The van der Waals surface area contributed by atoms with Crippen LogP contribution in [0.4, 0.5) is 15.8 Å². The molecular weight excluding hydrogens is 521 g/mol. The first kappa shape index (κ1) is 25.7. The van der Waals surface area contributed by atoms with Crippen LogP contribution in [-0.4, -0.2) is 27.1 Å². The van der Waals surface area contributed by atoms with E-state index in [0.29, 0.717) is 21.6 Å². The van der Waals surface area contributed by atoms with E-state index in [0.717, 1.165) is 11.1 Å². The van der Waals surface area contributed by atoms with Crippen molar-refractivity contribution < 1.29 is 14.0 Å². The standard InChI is InChI=1S/C30H23ClFN3O2S/c31-22-11-15-25(16-12-22)34-30-35(28(20-7-3-1-4-8-20)21-9-5-2-6-10-21)29(37)26(38-30)19-27(36)33-24-17-13-23(32)14-18-24/h1-18,26,28H,19H2,(H,33,36). The van der Waals surface area contributed by atoms with E-state index in [9.17, 15) is 14.0 Å². The Morgan fingerprint density at radius 3 is 2.05 bits per heavy atom. The van der Waals surface area contributed by atoms with Crippen LogP contribution >= 0.6 is 23.4 Å². The number of carbonyl (C=O) groups excluding carboxylic acids is 2. The van der Waals surface area contributed by atoms with Gasteiger partial charge in [0.1, 0.15) is 11.1 Å². The summed E-state index contributed by atoms with van der Waals surface area (Å²) < 4.78 is 13.3. The van der Waals surface area contributed by atoms with Crippen LogP contribution in [0.3, 0.4) is 0 Å². The van der Waals surface area contributed by atoms with Gasteiger partial charge in [0.25, 0.3) is 0 Å². The highest BCUT2D eigenvalue weighted by molar-refractivity contribution is 8.15. The molecule has 5 nitrogen and oxygen atoms in total. The average molecular weight is 544 g/mol. The second-order valence-corrected chi connectivity index (χ2v) is 10.3. The maximum Gasteiger partial charge on any atom is 0.243 e. The fraction of sp³-hybridized carbons (Fsp3) is 0.100. The number of rotatable bonds is 7. The van der Waals surface area contributed by atoms with Crippen LogP contribution in [0, 0.1) is 5.82 Å². The fourth-order valence-electron chi connectivity index (χ4n) is 4.23. The lowest BCUT2D eigenvalue weighted by molar-refractivity contribution is -0.129. The molecule has 2 amide bonds. The quantitative estimate of drug-likeness (QED) is 0.267. The molecule has 0 saturated carbocycles. The highest BCUT2D eigenvalue weighted by Crippen LogP contribution is 2.40. The van der Waals surface area contributed by atoms with Gasteiger partial charge in [0, 0.05) is 17.1 Å². The van der Waals surface area contributed by atoms with E-state index < -0.39 is 17.1 Å². The Balaban J connectivity index is 1.50. The van der Waals surface area contributed by atoms with Gasteiger partial charge in [-0.2, -0.15) is 0 Å². The van der Waals surface area contributed by atoms with E-state index in [2.05, 4.69) is 5.32 Å². The molecule has 1 aliphatic heterocycles. The van der Waals surface area contributed by atoms with Crippen LogP contribution in [0.1, 0.15) is 23.6 Å². The van der Waals surface area contributed by atoms with Crippen molar-refractivity contribution in [1.29, 1.82) is 0 Å². The normalized spacial score (nSPS) is 16.3. The van der Waals surface area contributed by atoms with Gasteiger partial charge in [-0.1, -0.05) is 84.0 Å². The SMILES string of the molecule is O=C(CC1SC(=Nc2ccc(Cl)cc2)N(C(c2ccccc2)c2ccccc2)C1=O)Nc1ccc(F)cc1. The first-order chi connectivity index (χ1) is 18.5. The lowest BCUT2D eigenvalue weighted by atomic mass is 9.97. The molecule has 1 atom stereocenters. The van der Waals surface area contributed by atoms with Crippen LogP contribution in [0.25, 0.3) is 0 Å². The summed E-state index contributed by atoms with van der Waals surface area (Å²) in [5.74, 6) is -0.947. The van der Waals surface area contributed by atoms with Crippen molar-refractivity contribution in [3.8, 4) is 0 Å². The highest BCUT2D eigenvalue weighted by atomic mass is 35.5. The zero-order valence-corrected chi connectivity index (χ0v) is 21.7. The molecule has 0 aliphatic carbocycles. The number of hydrogen-bond donors (Lipinski definition) is 1. The molecule has 4 aromatic carbocycles. The summed E-state index contributed by atoms with van der Waals surface area (Å²) in [6, 6.07) is 31.6. The number of carbonyl (C=O) groups is 2. The van der Waals surface area contributed by atoms with E-state index in [1.165, 1.54) is 36.0 Å². The Hall–Kier alpha value is -3.94. The first-order valence-corrected chi connectivity index (χ1v) is 13.2. The predicted octanol–water partition coefficient (Wildman–Crippen LogP) is 7.23. The van der Waals surface area contributed by atoms with E-state index in [1.807, 2.05) is 60.7 Å². The number of thioether (sulfide) groups is 1. The minimum Gasteiger partial charge on any atom is -0.326 e. The molecule has 1 N–H and O–H groups in total. The van der Waals surface area contributed by atoms with E-state index in [-0.39, 0.29) is 18.2 Å². The van der Waals surface area contributed by atoms with Crippen molar-refractivity contribution in [2.24, 2.45) is 4.99 Å². The number of aliphatic imine (C=N–C) groups is 1. The number of nitrogens with zero attached hydrogens (tertiary/aromatic N) is 2. The molecule has 1 heterocycles. The maximum absolute atomic E-state index is 14.0. The smallest absolute Gasteiger partial charge is 0.243 e. The summed E-state index contributed by atoms with van der Waals surface area (Å²) in [5.41, 5.74) is 2.96. The number of benzene rings is 4. The summed E-state index contributed by atoms with van der Waals surface area (Å²) in [4.78, 5) is 33.3. The van der Waals surface area contributed by atoms with Gasteiger partial charge in [-0.25, -0.2) is 9.38 Å². The number of anilines is 1. The third kappa shape index (κ3) is 5.96. The zero-order valence-electron chi connectivity index (χ0n) is 20.1. The lowest BCUT2D eigenvalue weighted by Gasteiger charge is -2.29. The largest absolute Gasteiger partial charge is 0.326 e. The van der Waals surface area contributed by atoms with Crippen LogP contribution in [0.2, 0.25) is 5.02 Å². The highest BCUT2D eigenvalue weighted by Gasteiger charge is 2.43. The molecular formula is C30H23ClFN3O2S. The maximum atomic E-state index is 14.0. The summed E-state index contributed by atoms with van der Waals surface area (Å²) in [7, 11) is 0. The van der Waals surface area contributed by atoms with E-state index in [1.54, 1.807) is 29.2 Å². The molecule has 0 radical (unpaired) electrons. The van der Waals surface area contributed by atoms with Crippen molar-refractivity contribution in [2.45, 2.75) is 17.7 Å². The van der Waals surface area contributed by atoms with Gasteiger partial charge >= 0.3 is 0 Å². The third-order valence-electron chi connectivity index (χ3n) is 6.01. The summed E-state index contributed by atoms with van der Waals surface area (Å²) in [6.45, 7) is 0. The van der Waals surface area contributed by atoms with Crippen molar-refractivity contribution in [1.82, 2.24) is 4.90 Å². The topological polar surface area (TPSA) is 61.8 Å². The van der Waals surface area contributed by atoms with Crippen molar-refractivity contribution in [3.05, 3.63) is 131 Å². The van der Waals surface area contributed by atoms with Crippen molar-refractivity contribution >= 4 is 51.7 Å². The third-order valence-corrected chi connectivity index (χ3v) is 7.41. The molecule has 4 aromatic rings. The number of hydrogen-bond acceptors (Lipinski definition) is 4. The number of nitrogens with one attached hydrogen (secondary N) is 1. The monoisotopic (exact) mass is 543 g/mol. The predicted molar refractivity (Wildman–Crippen MR) is 151 cm³/mol. The van der Waals surface area contributed by atoms with E-state index in [4.69, 9.17) is 16.6 Å². The summed E-state index contributed by atoms with van der Waals surface area (Å²) in [5, 5.41) is 3.15. The Morgan fingerprint density at radius 1 is 0.895 bits per heavy atom. The van der Waals surface area contributed by atoms with Gasteiger partial charge in [0.05, 0.1) is 11.7 Å². The zero-order chi connectivity index (χ0) is 26.5. The molecule has 0 spiro atoms. The first-order valence-electron chi connectivity index (χ1n) is 12.0. The Bertz CT molecular complexity index is 1410. The summed E-state index contributed by atoms with van der Waals surface area (Å²) >= 11 is 7.32. The molecule has 38 heavy (non-hydrogen) atoms. The molecule has 8 heteroatoms. The molecule has 1 aliphatic rings. The van der Waals surface area contributed by atoms with Gasteiger partial charge in [-0.3, -0.25) is 14.5 Å². The molecule has 5 rings (SSSR count). The van der Waals surface area contributed by atoms with Gasteiger partial charge in [0.2, 0.25) is 11.8 Å². The Morgan fingerprint density at radius 2 is 1.47 bits per heavy atom. The number of amidine groups is 1. The molecule has 0 bridgehead atoms. The van der Waals surface area contributed by atoms with Crippen LogP contribution < -0.4 is 5.32 Å². The minimum atomic E-state index is -0.684. The molecule has 0 aromatic heterocycles. The van der Waals surface area contributed by atoms with E-state index >= 15 is 0 Å². The molecule has 1 unspecified atom stereocenters. The molecule has 1 fully saturated rings. The van der Waals surface area contributed by atoms with Crippen LogP contribution in [0.5, 0.6) is 0 Å². The second-order valence-electron chi connectivity index (χ2n) is 8.67. The molecule has 190 valence electrons. The summed E-state index contributed by atoms with van der Waals surface area (Å²) in [6.07, 6.45) is -0.0622. The average Bonchev–Trinajstić information content (AvgIpc) is 3.22.